The van der Waals surface area contributed by atoms with Crippen molar-refractivity contribution in [3.63, 3.8) is 0 Å². The number of benzene rings is 1. The highest BCUT2D eigenvalue weighted by atomic mass is 127. The second-order valence-corrected chi connectivity index (χ2v) is 14.2. The van der Waals surface area contributed by atoms with Gasteiger partial charge in [-0.1, -0.05) is 55.3 Å². The highest BCUT2D eigenvalue weighted by Gasteiger charge is 2.41. The van der Waals surface area contributed by atoms with Gasteiger partial charge in [0.15, 0.2) is 0 Å². The molecule has 0 radical (unpaired) electrons. The molecule has 210 valence electrons. The van der Waals surface area contributed by atoms with E-state index < -0.39 is 33.8 Å². The molecule has 3 rings (SSSR count). The van der Waals surface area contributed by atoms with E-state index >= 15 is 0 Å². The highest BCUT2D eigenvalue weighted by Crippen LogP contribution is 2.35. The number of sulfonamides is 1. The summed E-state index contributed by atoms with van der Waals surface area (Å²) >= 11 is 2.20. The lowest BCUT2D eigenvalue weighted by Crippen LogP contribution is -2.57. The average Bonchev–Trinajstić information content (AvgIpc) is 3.30. The minimum Gasteiger partial charge on any atom is -0.329 e. The minimum absolute atomic E-state index is 0.0512. The molecule has 11 heteroatoms. The first-order chi connectivity index (χ1) is 17.2. The van der Waals surface area contributed by atoms with Gasteiger partial charge in [-0.15, -0.1) is 0 Å². The maximum atomic E-state index is 13.6. The van der Waals surface area contributed by atoms with Crippen LogP contribution >= 0.6 is 22.6 Å². The summed E-state index contributed by atoms with van der Waals surface area (Å²) < 4.78 is 68.0. The molecule has 1 aliphatic heterocycles. The van der Waals surface area contributed by atoms with Gasteiger partial charge < -0.3 is 10.2 Å². The second kappa shape index (κ2) is 12.5. The Morgan fingerprint density at radius 3 is 2.35 bits per heavy atom. The van der Waals surface area contributed by atoms with E-state index in [1.807, 2.05) is 4.90 Å². The van der Waals surface area contributed by atoms with E-state index in [0.717, 1.165) is 31.4 Å². The molecule has 1 heterocycles. The lowest BCUT2D eigenvalue weighted by Gasteiger charge is -2.43. The fourth-order valence-corrected chi connectivity index (χ4v) is 8.56. The number of nitrogens with one attached hydrogen (secondary N) is 1. The van der Waals surface area contributed by atoms with Crippen LogP contribution in [0.3, 0.4) is 0 Å². The molecule has 2 fully saturated rings. The molecule has 0 aromatic heterocycles. The summed E-state index contributed by atoms with van der Waals surface area (Å²) in [7, 11) is -4.18. The normalized spacial score (nSPS) is 22.8. The third kappa shape index (κ3) is 7.60. The number of rotatable bonds is 9. The fourth-order valence-electron chi connectivity index (χ4n) is 5.52. The highest BCUT2D eigenvalue weighted by molar-refractivity contribution is 14.1. The Balaban J connectivity index is 1.78. The number of hydrogen-bond acceptors (Lipinski definition) is 4. The summed E-state index contributed by atoms with van der Waals surface area (Å²) in [6.45, 7) is 8.07. The van der Waals surface area contributed by atoms with Crippen molar-refractivity contribution in [2.45, 2.75) is 112 Å². The van der Waals surface area contributed by atoms with E-state index in [1.165, 1.54) is 23.2 Å². The first-order valence-corrected chi connectivity index (χ1v) is 15.8. The number of carbonyl (C=O) groups is 1. The van der Waals surface area contributed by atoms with Crippen molar-refractivity contribution in [3.8, 4) is 0 Å². The molecule has 1 saturated carbocycles. The quantitative estimate of drug-likeness (QED) is 0.207. The predicted molar refractivity (Wildman–Crippen MR) is 147 cm³/mol. The fraction of sp³-hybridized carbons (Fsp3) is 0.731. The van der Waals surface area contributed by atoms with Crippen LogP contribution in [-0.2, 0) is 21.0 Å². The SMILES string of the molecule is CC(C)CC(NC1CCCC1)C(=O)N1CCC(N(C(C)C)S(=O)(=O)c2cccc(C(F)(F)F)c2)CC1I. The van der Waals surface area contributed by atoms with Crippen molar-refractivity contribution in [2.75, 3.05) is 6.54 Å². The third-order valence-electron chi connectivity index (χ3n) is 7.19. The molecule has 1 aromatic carbocycles. The van der Waals surface area contributed by atoms with Crippen LogP contribution in [0, 0.1) is 5.92 Å². The van der Waals surface area contributed by atoms with Gasteiger partial charge in [-0.05, 0) is 70.1 Å². The Bertz CT molecular complexity index is 1030. The monoisotopic (exact) mass is 657 g/mol. The predicted octanol–water partition coefficient (Wildman–Crippen LogP) is 5.80. The molecule has 37 heavy (non-hydrogen) atoms. The molecule has 0 spiro atoms. The molecule has 1 N–H and O–H groups in total. The van der Waals surface area contributed by atoms with Crippen LogP contribution in [0.1, 0.15) is 78.2 Å². The molecular weight excluding hydrogens is 618 g/mol. The van der Waals surface area contributed by atoms with E-state index in [-0.39, 0.29) is 20.9 Å². The number of alkyl halides is 4. The summed E-state index contributed by atoms with van der Waals surface area (Å²) in [6, 6.07) is 3.13. The van der Waals surface area contributed by atoms with Crippen LogP contribution in [-0.4, -0.2) is 58.3 Å². The maximum absolute atomic E-state index is 13.6. The Labute approximate surface area is 232 Å². The molecule has 2 aliphatic rings. The van der Waals surface area contributed by atoms with Crippen molar-refractivity contribution >= 4 is 38.5 Å². The van der Waals surface area contributed by atoms with Crippen molar-refractivity contribution in [1.29, 1.82) is 0 Å². The lowest BCUT2D eigenvalue weighted by molar-refractivity contribution is -0.138. The van der Waals surface area contributed by atoms with Crippen molar-refractivity contribution in [3.05, 3.63) is 29.8 Å². The van der Waals surface area contributed by atoms with Crippen LogP contribution in [0.15, 0.2) is 29.2 Å². The first-order valence-electron chi connectivity index (χ1n) is 13.1. The van der Waals surface area contributed by atoms with Gasteiger partial charge in [0, 0.05) is 24.7 Å². The largest absolute Gasteiger partial charge is 0.416 e. The Morgan fingerprint density at radius 1 is 1.16 bits per heavy atom. The molecule has 1 aliphatic carbocycles. The Hall–Kier alpha value is -0.920. The van der Waals surface area contributed by atoms with Gasteiger partial charge in [0.2, 0.25) is 15.9 Å². The Kier molecular flexibility index (Phi) is 10.3. The number of likely N-dealkylation sites (tertiary alicyclic amines) is 1. The van der Waals surface area contributed by atoms with Crippen molar-refractivity contribution < 1.29 is 26.4 Å². The number of halogens is 4. The molecule has 6 nitrogen and oxygen atoms in total. The third-order valence-corrected chi connectivity index (χ3v) is 10.5. The van der Waals surface area contributed by atoms with Gasteiger partial charge in [0.1, 0.15) is 0 Å². The van der Waals surface area contributed by atoms with E-state index in [0.29, 0.717) is 37.4 Å². The summed E-state index contributed by atoms with van der Waals surface area (Å²) in [5.74, 6) is 0.400. The number of piperidine rings is 1. The number of hydrogen-bond donors (Lipinski definition) is 1. The molecule has 1 amide bonds. The van der Waals surface area contributed by atoms with E-state index in [9.17, 15) is 26.4 Å². The van der Waals surface area contributed by atoms with Gasteiger partial charge in [-0.3, -0.25) is 4.79 Å². The van der Waals surface area contributed by atoms with E-state index in [2.05, 4.69) is 41.8 Å². The summed E-state index contributed by atoms with van der Waals surface area (Å²) in [4.78, 5) is 15.1. The van der Waals surface area contributed by atoms with E-state index in [1.54, 1.807) is 13.8 Å². The maximum Gasteiger partial charge on any atom is 0.416 e. The van der Waals surface area contributed by atoms with Crippen molar-refractivity contribution in [1.82, 2.24) is 14.5 Å². The van der Waals surface area contributed by atoms with Crippen molar-refractivity contribution in [2.24, 2.45) is 5.92 Å². The topological polar surface area (TPSA) is 69.7 Å². The minimum atomic E-state index is -4.63. The van der Waals surface area contributed by atoms with Crippen LogP contribution < -0.4 is 5.32 Å². The van der Waals surface area contributed by atoms with Gasteiger partial charge in [-0.25, -0.2) is 8.42 Å². The second-order valence-electron chi connectivity index (χ2n) is 10.9. The number of nitrogens with zero attached hydrogens (tertiary/aromatic N) is 2. The van der Waals surface area contributed by atoms with Gasteiger partial charge in [-0.2, -0.15) is 17.5 Å². The Morgan fingerprint density at radius 2 is 1.81 bits per heavy atom. The standard InChI is InChI=1S/C26H39F3IN3O3S/c1-17(2)14-23(31-20-9-5-6-10-20)25(34)32-13-12-21(16-24(32)30)33(18(3)4)37(35,36)22-11-7-8-19(15-22)26(27,28)29/h7-8,11,15,17-18,20-21,23-24,31H,5-6,9-10,12-14,16H2,1-4H3. The van der Waals surface area contributed by atoms with Crippen LogP contribution in [0.4, 0.5) is 13.2 Å². The average molecular weight is 658 g/mol. The molecule has 0 bridgehead atoms. The molecule has 3 atom stereocenters. The number of carbonyl (C=O) groups excluding carboxylic acids is 1. The summed E-state index contributed by atoms with van der Waals surface area (Å²) in [5.41, 5.74) is -0.990. The first kappa shape index (κ1) is 30.6. The van der Waals surface area contributed by atoms with Gasteiger partial charge in [0.25, 0.3) is 0 Å². The zero-order valence-electron chi connectivity index (χ0n) is 22.0. The molecule has 3 unspecified atom stereocenters. The molecule has 1 aromatic rings. The summed E-state index contributed by atoms with van der Waals surface area (Å²) in [5, 5.41) is 3.59. The molecule has 1 saturated heterocycles. The zero-order valence-corrected chi connectivity index (χ0v) is 24.9. The lowest BCUT2D eigenvalue weighted by atomic mass is 9.98. The smallest absolute Gasteiger partial charge is 0.329 e. The van der Waals surface area contributed by atoms with Crippen LogP contribution in [0.5, 0.6) is 0 Å². The van der Waals surface area contributed by atoms with Crippen LogP contribution in [0.25, 0.3) is 0 Å². The zero-order chi connectivity index (χ0) is 27.5. The van der Waals surface area contributed by atoms with Gasteiger partial charge in [0.05, 0.1) is 20.5 Å². The number of amides is 1. The van der Waals surface area contributed by atoms with Gasteiger partial charge >= 0.3 is 6.18 Å². The van der Waals surface area contributed by atoms with Crippen LogP contribution in [0.2, 0.25) is 0 Å². The molecular formula is C26H39F3IN3O3S. The van der Waals surface area contributed by atoms with E-state index in [4.69, 9.17) is 0 Å². The summed E-state index contributed by atoms with van der Waals surface area (Å²) in [6.07, 6.45) is 1.45.